The summed E-state index contributed by atoms with van der Waals surface area (Å²) in [5.41, 5.74) is 2.20. The first-order chi connectivity index (χ1) is 10.6. The van der Waals surface area contributed by atoms with Crippen LogP contribution in [-0.2, 0) is 11.2 Å². The molecule has 0 bridgehead atoms. The molecule has 4 heteroatoms. The largest absolute Gasteiger partial charge is 0.349 e. The van der Waals surface area contributed by atoms with E-state index in [1.165, 1.54) is 10.5 Å². The maximum absolute atomic E-state index is 12.1. The number of hydrogen-bond acceptors (Lipinski definition) is 1. The number of amides is 1. The minimum absolute atomic E-state index is 0.0319. The Morgan fingerprint density at radius 1 is 1.09 bits per heavy atom. The molecule has 2 N–H and O–H groups in total. The van der Waals surface area contributed by atoms with Gasteiger partial charge in [-0.05, 0) is 17.7 Å². The Bertz CT molecular complexity index is 596. The first-order valence-corrected chi connectivity index (χ1v) is 7.80. The van der Waals surface area contributed by atoms with Crippen LogP contribution < -0.4 is 10.2 Å². The zero-order valence-corrected chi connectivity index (χ0v) is 13.7. The first kappa shape index (κ1) is 16.5. The van der Waals surface area contributed by atoms with Crippen molar-refractivity contribution in [1.82, 2.24) is 5.32 Å². The highest BCUT2D eigenvalue weighted by Gasteiger charge is 2.18. The molecule has 0 saturated carbocycles. The molecule has 0 unspecified atom stereocenters. The monoisotopic (exact) mass is 317 g/mol. The van der Waals surface area contributed by atoms with Crippen LogP contribution in [0.2, 0.25) is 5.02 Å². The number of hydrogen-bond donors (Lipinski definition) is 2. The Balaban J connectivity index is 1.92. The maximum Gasteiger partial charge on any atom is 0.224 e. The van der Waals surface area contributed by atoms with Crippen molar-refractivity contribution < 1.29 is 9.69 Å². The van der Waals surface area contributed by atoms with Gasteiger partial charge in [0.2, 0.25) is 5.91 Å². The number of rotatable bonds is 6. The lowest BCUT2D eigenvalue weighted by atomic mass is 10.1. The van der Waals surface area contributed by atoms with Crippen molar-refractivity contribution in [1.29, 1.82) is 0 Å². The van der Waals surface area contributed by atoms with Crippen LogP contribution in [0.5, 0.6) is 0 Å². The molecule has 22 heavy (non-hydrogen) atoms. The normalized spacial score (nSPS) is 12.2. The van der Waals surface area contributed by atoms with Gasteiger partial charge in [-0.2, -0.15) is 0 Å². The maximum atomic E-state index is 12.1. The van der Waals surface area contributed by atoms with E-state index in [2.05, 4.69) is 31.5 Å². The number of carbonyl (C=O) groups is 1. The molecule has 116 valence electrons. The number of carbonyl (C=O) groups excluding carboxylic acids is 1. The van der Waals surface area contributed by atoms with Crippen molar-refractivity contribution in [2.75, 3.05) is 20.6 Å². The third kappa shape index (κ3) is 4.86. The number of quaternary nitrogens is 1. The predicted octanol–water partition coefficient (Wildman–Crippen LogP) is 1.88. The lowest BCUT2D eigenvalue weighted by molar-refractivity contribution is -0.890. The summed E-state index contributed by atoms with van der Waals surface area (Å²) >= 11 is 5.85. The topological polar surface area (TPSA) is 33.5 Å². The molecule has 0 aliphatic carbocycles. The summed E-state index contributed by atoms with van der Waals surface area (Å²) in [6.07, 6.45) is 0.376. The molecule has 0 aliphatic heterocycles. The number of likely N-dealkylation sites (N-methyl/N-ethyl adjacent to an activating group) is 1. The zero-order valence-electron chi connectivity index (χ0n) is 13.0. The first-order valence-electron chi connectivity index (χ1n) is 7.42. The molecule has 0 fully saturated rings. The minimum atomic E-state index is 0.0319. The second-order valence-corrected chi connectivity index (χ2v) is 6.08. The van der Waals surface area contributed by atoms with Gasteiger partial charge in [0.05, 0.1) is 27.1 Å². The number of halogens is 1. The van der Waals surface area contributed by atoms with E-state index in [4.69, 9.17) is 11.6 Å². The summed E-state index contributed by atoms with van der Waals surface area (Å²) in [6, 6.07) is 17.9. The highest BCUT2D eigenvalue weighted by atomic mass is 35.5. The Labute approximate surface area is 136 Å². The van der Waals surface area contributed by atoms with E-state index in [0.717, 1.165) is 5.56 Å². The van der Waals surface area contributed by atoms with E-state index in [9.17, 15) is 4.79 Å². The molecule has 0 radical (unpaired) electrons. The van der Waals surface area contributed by atoms with Gasteiger partial charge in [0, 0.05) is 10.6 Å². The van der Waals surface area contributed by atoms with Gasteiger partial charge >= 0.3 is 0 Å². The summed E-state index contributed by atoms with van der Waals surface area (Å²) in [5.74, 6) is 0.0319. The molecule has 1 atom stereocenters. The SMILES string of the molecule is C[NH+](C)[C@H](CNC(=O)Cc1ccc(Cl)cc1)c1ccccc1. The van der Waals surface area contributed by atoms with E-state index < -0.39 is 0 Å². The van der Waals surface area contributed by atoms with Crippen LogP contribution >= 0.6 is 11.6 Å². The van der Waals surface area contributed by atoms with Crippen molar-refractivity contribution >= 4 is 17.5 Å². The molecule has 2 aromatic rings. The van der Waals surface area contributed by atoms with Gasteiger partial charge in [0.1, 0.15) is 6.04 Å². The lowest BCUT2D eigenvalue weighted by Crippen LogP contribution is -3.07. The van der Waals surface area contributed by atoms with E-state index >= 15 is 0 Å². The second kappa shape index (κ2) is 7.97. The van der Waals surface area contributed by atoms with Gasteiger partial charge < -0.3 is 10.2 Å². The van der Waals surface area contributed by atoms with E-state index in [1.807, 2.05) is 30.3 Å². The van der Waals surface area contributed by atoms with Gasteiger partial charge in [-0.3, -0.25) is 4.79 Å². The predicted molar refractivity (Wildman–Crippen MR) is 90.2 cm³/mol. The molecule has 0 saturated heterocycles. The molecule has 2 rings (SSSR count). The van der Waals surface area contributed by atoms with Crippen molar-refractivity contribution in [3.63, 3.8) is 0 Å². The average Bonchev–Trinajstić information content (AvgIpc) is 2.50. The van der Waals surface area contributed by atoms with Gasteiger partial charge in [0.25, 0.3) is 0 Å². The third-order valence-electron chi connectivity index (χ3n) is 3.68. The average molecular weight is 318 g/mol. The van der Waals surface area contributed by atoms with Crippen molar-refractivity contribution in [2.45, 2.75) is 12.5 Å². The minimum Gasteiger partial charge on any atom is -0.349 e. The summed E-state index contributed by atoms with van der Waals surface area (Å²) in [6.45, 7) is 0.624. The van der Waals surface area contributed by atoms with Crippen LogP contribution in [0.1, 0.15) is 17.2 Å². The highest BCUT2D eigenvalue weighted by Crippen LogP contribution is 2.10. The standard InChI is InChI=1S/C18H21ClN2O/c1-21(2)17(15-6-4-3-5-7-15)13-20-18(22)12-14-8-10-16(19)11-9-14/h3-11,17H,12-13H2,1-2H3,(H,20,22)/p+1/t17-/m1/s1. The van der Waals surface area contributed by atoms with Crippen LogP contribution in [0.4, 0.5) is 0 Å². The molecular formula is C18H22ClN2O+. The third-order valence-corrected chi connectivity index (χ3v) is 3.93. The van der Waals surface area contributed by atoms with Gasteiger partial charge in [-0.15, -0.1) is 0 Å². The Hall–Kier alpha value is -1.84. The molecule has 0 aliphatic rings. The summed E-state index contributed by atoms with van der Waals surface area (Å²) in [5, 5.41) is 3.72. The zero-order chi connectivity index (χ0) is 15.9. The van der Waals surface area contributed by atoms with Crippen LogP contribution in [0.15, 0.2) is 54.6 Å². The number of benzene rings is 2. The lowest BCUT2D eigenvalue weighted by Gasteiger charge is -2.22. The Kier molecular flexibility index (Phi) is 5.99. The van der Waals surface area contributed by atoms with Crippen molar-refractivity contribution in [3.05, 3.63) is 70.7 Å². The quantitative estimate of drug-likeness (QED) is 0.838. The Morgan fingerprint density at radius 2 is 1.73 bits per heavy atom. The summed E-state index contributed by atoms with van der Waals surface area (Å²) < 4.78 is 0. The van der Waals surface area contributed by atoms with Crippen molar-refractivity contribution in [2.24, 2.45) is 0 Å². The molecule has 0 aromatic heterocycles. The Morgan fingerprint density at radius 3 is 2.32 bits per heavy atom. The van der Waals surface area contributed by atoms with Crippen LogP contribution in [0.3, 0.4) is 0 Å². The van der Waals surface area contributed by atoms with E-state index in [-0.39, 0.29) is 11.9 Å². The van der Waals surface area contributed by atoms with Gasteiger partial charge in [-0.25, -0.2) is 0 Å². The summed E-state index contributed by atoms with van der Waals surface area (Å²) in [7, 11) is 4.20. The second-order valence-electron chi connectivity index (χ2n) is 5.65. The molecule has 0 heterocycles. The summed E-state index contributed by atoms with van der Waals surface area (Å²) in [4.78, 5) is 13.4. The molecule has 2 aromatic carbocycles. The molecule has 3 nitrogen and oxygen atoms in total. The highest BCUT2D eigenvalue weighted by molar-refractivity contribution is 6.30. The smallest absolute Gasteiger partial charge is 0.224 e. The van der Waals surface area contributed by atoms with Crippen LogP contribution in [-0.4, -0.2) is 26.5 Å². The fourth-order valence-electron chi connectivity index (χ4n) is 2.41. The van der Waals surface area contributed by atoms with Crippen LogP contribution in [0, 0.1) is 0 Å². The molecule has 1 amide bonds. The van der Waals surface area contributed by atoms with Crippen LogP contribution in [0.25, 0.3) is 0 Å². The molecule has 0 spiro atoms. The fourth-order valence-corrected chi connectivity index (χ4v) is 2.53. The van der Waals surface area contributed by atoms with Crippen molar-refractivity contribution in [3.8, 4) is 0 Å². The number of nitrogens with one attached hydrogen (secondary N) is 2. The van der Waals surface area contributed by atoms with Gasteiger partial charge in [0.15, 0.2) is 0 Å². The fraction of sp³-hybridized carbons (Fsp3) is 0.278. The molecular weight excluding hydrogens is 296 g/mol. The van der Waals surface area contributed by atoms with E-state index in [0.29, 0.717) is 18.0 Å². The van der Waals surface area contributed by atoms with Gasteiger partial charge in [-0.1, -0.05) is 54.1 Å². The van der Waals surface area contributed by atoms with E-state index in [1.54, 1.807) is 12.1 Å².